The molecule has 6 nitrogen and oxygen atoms in total. The van der Waals surface area contributed by atoms with Gasteiger partial charge in [0.25, 0.3) is 10.0 Å². The molecule has 2 heterocycles. The van der Waals surface area contributed by atoms with Gasteiger partial charge in [0.1, 0.15) is 0 Å². The van der Waals surface area contributed by atoms with E-state index in [9.17, 15) is 8.42 Å². The number of rotatable bonds is 5. The number of benzene rings is 2. The number of anilines is 2. The minimum atomic E-state index is -3.63. The van der Waals surface area contributed by atoms with Gasteiger partial charge < -0.3 is 4.90 Å². The molecular formula is C23H26N4O2S. The lowest BCUT2D eigenvalue weighted by molar-refractivity contribution is 0.571. The van der Waals surface area contributed by atoms with E-state index in [2.05, 4.69) is 19.8 Å². The highest BCUT2D eigenvalue weighted by Gasteiger charge is 2.16. The Kier molecular flexibility index (Phi) is 5.72. The van der Waals surface area contributed by atoms with Crippen molar-refractivity contribution in [3.8, 4) is 11.3 Å². The van der Waals surface area contributed by atoms with Crippen molar-refractivity contribution in [3.05, 3.63) is 65.7 Å². The van der Waals surface area contributed by atoms with Gasteiger partial charge in [-0.05, 0) is 80.6 Å². The zero-order chi connectivity index (χ0) is 21.1. The van der Waals surface area contributed by atoms with Gasteiger partial charge in [0.2, 0.25) is 0 Å². The van der Waals surface area contributed by atoms with Crippen molar-refractivity contribution in [1.29, 1.82) is 0 Å². The summed E-state index contributed by atoms with van der Waals surface area (Å²) in [5.41, 5.74) is 4.17. The van der Waals surface area contributed by atoms with Crippen LogP contribution in [0.1, 0.15) is 30.4 Å². The molecule has 0 spiro atoms. The summed E-state index contributed by atoms with van der Waals surface area (Å²) in [7, 11) is -3.63. The van der Waals surface area contributed by atoms with Crippen molar-refractivity contribution < 1.29 is 8.42 Å². The average Bonchev–Trinajstić information content (AvgIpc) is 2.77. The van der Waals surface area contributed by atoms with E-state index >= 15 is 0 Å². The summed E-state index contributed by atoms with van der Waals surface area (Å²) in [6.45, 7) is 5.92. The average molecular weight is 423 g/mol. The van der Waals surface area contributed by atoms with Crippen LogP contribution in [0.3, 0.4) is 0 Å². The third-order valence-corrected chi connectivity index (χ3v) is 6.93. The third-order valence-electron chi connectivity index (χ3n) is 5.55. The molecule has 0 aliphatic carbocycles. The predicted octanol–water partition coefficient (Wildman–Crippen LogP) is 4.55. The normalized spacial score (nSPS) is 14.5. The molecule has 1 aliphatic rings. The minimum Gasteiger partial charge on any atom is -0.355 e. The molecule has 156 valence electrons. The van der Waals surface area contributed by atoms with Crippen LogP contribution in [0.5, 0.6) is 0 Å². The molecular weight excluding hydrogens is 396 g/mol. The van der Waals surface area contributed by atoms with E-state index in [-0.39, 0.29) is 4.90 Å². The van der Waals surface area contributed by atoms with Gasteiger partial charge in [-0.1, -0.05) is 18.2 Å². The van der Waals surface area contributed by atoms with E-state index in [0.29, 0.717) is 5.69 Å². The lowest BCUT2D eigenvalue weighted by atomic mass is 10.1. The Morgan fingerprint density at radius 3 is 2.20 bits per heavy atom. The van der Waals surface area contributed by atoms with Crippen LogP contribution in [0.15, 0.2) is 59.5 Å². The molecule has 1 N–H and O–H groups in total. The predicted molar refractivity (Wildman–Crippen MR) is 120 cm³/mol. The first-order valence-corrected chi connectivity index (χ1v) is 11.7. The first kappa shape index (κ1) is 20.3. The fourth-order valence-electron chi connectivity index (χ4n) is 3.58. The summed E-state index contributed by atoms with van der Waals surface area (Å²) in [4.78, 5) is 2.53. The van der Waals surface area contributed by atoms with E-state index in [1.54, 1.807) is 24.3 Å². The Balaban J connectivity index is 1.48. The molecule has 2 aromatic carbocycles. The van der Waals surface area contributed by atoms with Crippen LogP contribution in [-0.4, -0.2) is 31.7 Å². The second kappa shape index (κ2) is 8.44. The molecule has 0 amide bonds. The highest BCUT2D eigenvalue weighted by Crippen LogP contribution is 2.24. The molecule has 1 aromatic heterocycles. The maximum atomic E-state index is 12.7. The van der Waals surface area contributed by atoms with Gasteiger partial charge in [-0.3, -0.25) is 4.72 Å². The molecule has 1 aliphatic heterocycles. The second-order valence-electron chi connectivity index (χ2n) is 7.75. The summed E-state index contributed by atoms with van der Waals surface area (Å²) >= 11 is 0. The van der Waals surface area contributed by atoms with E-state index in [1.807, 2.05) is 44.2 Å². The number of aryl methyl sites for hydroxylation is 2. The number of hydrogen-bond donors (Lipinski definition) is 1. The Morgan fingerprint density at radius 1 is 0.833 bits per heavy atom. The Bertz CT molecular complexity index is 1120. The van der Waals surface area contributed by atoms with Crippen molar-refractivity contribution in [3.63, 3.8) is 0 Å². The molecule has 0 radical (unpaired) electrons. The number of sulfonamides is 1. The molecule has 1 saturated heterocycles. The van der Waals surface area contributed by atoms with Crippen LogP contribution in [0.4, 0.5) is 11.5 Å². The number of hydrogen-bond acceptors (Lipinski definition) is 5. The smallest absolute Gasteiger partial charge is 0.261 e. The van der Waals surface area contributed by atoms with Crippen LogP contribution < -0.4 is 9.62 Å². The Labute approximate surface area is 178 Å². The molecule has 4 rings (SSSR count). The van der Waals surface area contributed by atoms with E-state index < -0.39 is 10.0 Å². The molecule has 1 fully saturated rings. The van der Waals surface area contributed by atoms with Crippen molar-refractivity contribution in [2.45, 2.75) is 38.0 Å². The first-order valence-electron chi connectivity index (χ1n) is 10.2. The van der Waals surface area contributed by atoms with Crippen molar-refractivity contribution in [1.82, 2.24) is 10.2 Å². The van der Waals surface area contributed by atoms with Gasteiger partial charge in [0.15, 0.2) is 5.82 Å². The largest absolute Gasteiger partial charge is 0.355 e. The summed E-state index contributed by atoms with van der Waals surface area (Å²) in [6.07, 6.45) is 3.67. The van der Waals surface area contributed by atoms with Gasteiger partial charge in [-0.25, -0.2) is 8.42 Å². The summed E-state index contributed by atoms with van der Waals surface area (Å²) in [5, 5.41) is 8.74. The quantitative estimate of drug-likeness (QED) is 0.653. The number of piperidine rings is 1. The van der Waals surface area contributed by atoms with Crippen LogP contribution in [-0.2, 0) is 10.0 Å². The molecule has 7 heteroatoms. The minimum absolute atomic E-state index is 0.258. The van der Waals surface area contributed by atoms with E-state index in [0.717, 1.165) is 41.3 Å². The fourth-order valence-corrected chi connectivity index (χ4v) is 4.72. The molecule has 30 heavy (non-hydrogen) atoms. The first-order chi connectivity index (χ1) is 14.4. The van der Waals surface area contributed by atoms with E-state index in [1.165, 1.54) is 19.3 Å². The number of nitrogens with zero attached hydrogens (tertiary/aromatic N) is 3. The number of nitrogens with one attached hydrogen (secondary N) is 1. The van der Waals surface area contributed by atoms with Crippen LogP contribution in [0.25, 0.3) is 11.3 Å². The maximum Gasteiger partial charge on any atom is 0.261 e. The molecule has 3 aromatic rings. The summed E-state index contributed by atoms with van der Waals surface area (Å²) in [6, 6.07) is 16.3. The maximum absolute atomic E-state index is 12.7. The monoisotopic (exact) mass is 422 g/mol. The summed E-state index contributed by atoms with van der Waals surface area (Å²) in [5.74, 6) is 0.913. The lowest BCUT2D eigenvalue weighted by Crippen LogP contribution is -2.30. The molecule has 0 bridgehead atoms. The second-order valence-corrected chi connectivity index (χ2v) is 9.44. The lowest BCUT2D eigenvalue weighted by Gasteiger charge is -2.27. The van der Waals surface area contributed by atoms with Crippen LogP contribution >= 0.6 is 0 Å². The fraction of sp³-hybridized carbons (Fsp3) is 0.304. The Hall–Kier alpha value is -2.93. The molecule has 0 unspecified atom stereocenters. The zero-order valence-corrected chi connectivity index (χ0v) is 18.1. The topological polar surface area (TPSA) is 75.2 Å². The highest BCUT2D eigenvalue weighted by molar-refractivity contribution is 7.92. The van der Waals surface area contributed by atoms with E-state index in [4.69, 9.17) is 0 Å². The van der Waals surface area contributed by atoms with Crippen molar-refractivity contribution in [2.75, 3.05) is 22.7 Å². The van der Waals surface area contributed by atoms with Crippen LogP contribution in [0.2, 0.25) is 0 Å². The standard InChI is InChI=1S/C23H26N4O2S/c1-17-6-11-21(16-18(17)2)30(28,29)26-20-9-7-19(8-10-20)22-12-13-23(25-24-22)27-14-4-3-5-15-27/h6-13,16,26H,3-5,14-15H2,1-2H3. The Morgan fingerprint density at radius 2 is 1.57 bits per heavy atom. The van der Waals surface area contributed by atoms with Crippen LogP contribution in [0, 0.1) is 13.8 Å². The van der Waals surface area contributed by atoms with Gasteiger partial charge in [0.05, 0.1) is 10.6 Å². The zero-order valence-electron chi connectivity index (χ0n) is 17.3. The van der Waals surface area contributed by atoms with Crippen molar-refractivity contribution in [2.24, 2.45) is 0 Å². The molecule has 0 atom stereocenters. The SMILES string of the molecule is Cc1ccc(S(=O)(=O)Nc2ccc(-c3ccc(N4CCCCC4)nn3)cc2)cc1C. The van der Waals surface area contributed by atoms with Gasteiger partial charge in [0, 0.05) is 24.3 Å². The van der Waals surface area contributed by atoms with Gasteiger partial charge in [-0.2, -0.15) is 0 Å². The molecule has 0 saturated carbocycles. The van der Waals surface area contributed by atoms with Gasteiger partial charge in [-0.15, -0.1) is 10.2 Å². The highest BCUT2D eigenvalue weighted by atomic mass is 32.2. The van der Waals surface area contributed by atoms with Gasteiger partial charge >= 0.3 is 0 Å². The summed E-state index contributed by atoms with van der Waals surface area (Å²) < 4.78 is 28.0. The third kappa shape index (κ3) is 4.46. The van der Waals surface area contributed by atoms with Crippen molar-refractivity contribution >= 4 is 21.5 Å². The number of aromatic nitrogens is 2.